The minimum atomic E-state index is 0.0601. The van der Waals surface area contributed by atoms with Crippen LogP contribution in [-0.4, -0.2) is 25.1 Å². The van der Waals surface area contributed by atoms with Gasteiger partial charge in [0.15, 0.2) is 0 Å². The maximum absolute atomic E-state index is 12.0. The highest BCUT2D eigenvalue weighted by Crippen LogP contribution is 2.23. The van der Waals surface area contributed by atoms with E-state index in [0.29, 0.717) is 23.9 Å². The van der Waals surface area contributed by atoms with Gasteiger partial charge < -0.3 is 15.8 Å². The first-order valence-electron chi connectivity index (χ1n) is 7.07. The van der Waals surface area contributed by atoms with Gasteiger partial charge in [0.1, 0.15) is 12.4 Å². The van der Waals surface area contributed by atoms with Crippen LogP contribution in [0.25, 0.3) is 0 Å². The molecule has 0 radical (unpaired) electrons. The lowest BCUT2D eigenvalue weighted by Gasteiger charge is -2.25. The van der Waals surface area contributed by atoms with Crippen molar-refractivity contribution < 1.29 is 9.53 Å². The van der Waals surface area contributed by atoms with E-state index < -0.39 is 0 Å². The van der Waals surface area contributed by atoms with Gasteiger partial charge in [0.05, 0.1) is 6.54 Å². The van der Waals surface area contributed by atoms with Gasteiger partial charge >= 0.3 is 0 Å². The monoisotopic (exact) mass is 296 g/mol. The van der Waals surface area contributed by atoms with E-state index in [0.717, 1.165) is 25.7 Å². The molecule has 1 amide bonds. The number of halogens is 1. The van der Waals surface area contributed by atoms with Crippen LogP contribution < -0.4 is 15.8 Å². The van der Waals surface area contributed by atoms with Gasteiger partial charge in [-0.2, -0.15) is 0 Å². The second-order valence-electron chi connectivity index (χ2n) is 5.22. The van der Waals surface area contributed by atoms with Crippen LogP contribution in [-0.2, 0) is 4.79 Å². The molecular formula is C15H21ClN2O2. The summed E-state index contributed by atoms with van der Waals surface area (Å²) in [6.07, 6.45) is 3.80. The number of ether oxygens (including phenoxy) is 1. The fourth-order valence-corrected chi connectivity index (χ4v) is 2.69. The number of hydrogen-bond donors (Lipinski definition) is 2. The molecule has 0 aromatic heterocycles. The third kappa shape index (κ3) is 4.69. The fraction of sp³-hybridized carbons (Fsp3) is 0.533. The van der Waals surface area contributed by atoms with E-state index in [9.17, 15) is 4.79 Å². The van der Waals surface area contributed by atoms with Crippen LogP contribution in [0.5, 0.6) is 5.75 Å². The Morgan fingerprint density at radius 2 is 2.30 bits per heavy atom. The quantitative estimate of drug-likeness (QED) is 0.820. The SMILES string of the molecule is NC1CCCC(C(=O)NCCOc2cccc(Cl)c2)C1. The summed E-state index contributed by atoms with van der Waals surface area (Å²) in [6, 6.07) is 7.39. The Labute approximate surface area is 124 Å². The molecule has 4 nitrogen and oxygen atoms in total. The Morgan fingerprint density at radius 3 is 3.05 bits per heavy atom. The Kier molecular flexibility index (Phi) is 5.68. The molecule has 0 saturated heterocycles. The number of amides is 1. The maximum Gasteiger partial charge on any atom is 0.223 e. The Bertz CT molecular complexity index is 453. The van der Waals surface area contributed by atoms with Gasteiger partial charge in [-0.25, -0.2) is 0 Å². The standard InChI is InChI=1S/C15H21ClN2O2/c16-12-4-2-6-14(10-12)20-8-7-18-15(19)11-3-1-5-13(17)9-11/h2,4,6,10-11,13H,1,3,5,7-9,17H2,(H,18,19). The third-order valence-corrected chi connectivity index (χ3v) is 3.79. The molecule has 2 unspecified atom stereocenters. The number of hydrogen-bond acceptors (Lipinski definition) is 3. The number of nitrogens with one attached hydrogen (secondary N) is 1. The van der Waals surface area contributed by atoms with Crippen LogP contribution in [0.15, 0.2) is 24.3 Å². The number of carbonyl (C=O) groups is 1. The second-order valence-corrected chi connectivity index (χ2v) is 5.66. The lowest BCUT2D eigenvalue weighted by molar-refractivity contribution is -0.126. The molecule has 2 atom stereocenters. The van der Waals surface area contributed by atoms with Gasteiger partial charge in [0.25, 0.3) is 0 Å². The van der Waals surface area contributed by atoms with E-state index in [1.807, 2.05) is 12.1 Å². The Balaban J connectivity index is 1.66. The fourth-order valence-electron chi connectivity index (χ4n) is 2.51. The van der Waals surface area contributed by atoms with E-state index in [-0.39, 0.29) is 17.9 Å². The molecule has 1 aliphatic rings. The predicted octanol–water partition coefficient (Wildman–Crippen LogP) is 2.35. The van der Waals surface area contributed by atoms with Gasteiger partial charge in [-0.15, -0.1) is 0 Å². The van der Waals surface area contributed by atoms with Crippen molar-refractivity contribution in [3.05, 3.63) is 29.3 Å². The summed E-state index contributed by atoms with van der Waals surface area (Å²) in [6.45, 7) is 0.932. The number of carbonyl (C=O) groups excluding carboxylic acids is 1. The van der Waals surface area contributed by atoms with Gasteiger partial charge in [0, 0.05) is 17.0 Å². The number of rotatable bonds is 5. The molecule has 110 valence electrons. The summed E-state index contributed by atoms with van der Waals surface area (Å²) in [5.74, 6) is 0.867. The van der Waals surface area contributed by atoms with E-state index in [4.69, 9.17) is 22.1 Å². The summed E-state index contributed by atoms with van der Waals surface area (Å²) in [7, 11) is 0. The van der Waals surface area contributed by atoms with Crippen LogP contribution in [0.2, 0.25) is 5.02 Å². The van der Waals surface area contributed by atoms with E-state index in [1.165, 1.54) is 0 Å². The molecule has 0 bridgehead atoms. The van der Waals surface area contributed by atoms with Crippen molar-refractivity contribution in [2.45, 2.75) is 31.7 Å². The first kappa shape index (κ1) is 15.1. The maximum atomic E-state index is 12.0. The molecule has 1 aromatic carbocycles. The molecule has 0 spiro atoms. The normalized spacial score (nSPS) is 22.3. The molecule has 0 aliphatic heterocycles. The minimum absolute atomic E-state index is 0.0601. The van der Waals surface area contributed by atoms with Gasteiger partial charge in [0.2, 0.25) is 5.91 Å². The molecule has 0 heterocycles. The van der Waals surface area contributed by atoms with Crippen LogP contribution in [0.4, 0.5) is 0 Å². The van der Waals surface area contributed by atoms with Crippen LogP contribution in [0.3, 0.4) is 0 Å². The predicted molar refractivity (Wildman–Crippen MR) is 79.9 cm³/mol. The summed E-state index contributed by atoms with van der Waals surface area (Å²) in [5.41, 5.74) is 5.89. The molecule has 1 aliphatic carbocycles. The summed E-state index contributed by atoms with van der Waals surface area (Å²) < 4.78 is 5.52. The molecule has 1 saturated carbocycles. The van der Waals surface area contributed by atoms with Crippen molar-refractivity contribution in [1.29, 1.82) is 0 Å². The van der Waals surface area contributed by atoms with Crippen molar-refractivity contribution >= 4 is 17.5 Å². The lowest BCUT2D eigenvalue weighted by Crippen LogP contribution is -2.39. The highest BCUT2D eigenvalue weighted by molar-refractivity contribution is 6.30. The summed E-state index contributed by atoms with van der Waals surface area (Å²) in [5, 5.41) is 3.55. The highest BCUT2D eigenvalue weighted by Gasteiger charge is 2.24. The molecule has 2 rings (SSSR count). The third-order valence-electron chi connectivity index (χ3n) is 3.55. The van der Waals surface area contributed by atoms with E-state index in [2.05, 4.69) is 5.32 Å². The average Bonchev–Trinajstić information content (AvgIpc) is 2.43. The topological polar surface area (TPSA) is 64.4 Å². The first-order valence-corrected chi connectivity index (χ1v) is 7.44. The smallest absolute Gasteiger partial charge is 0.223 e. The molecular weight excluding hydrogens is 276 g/mol. The van der Waals surface area contributed by atoms with Crippen LogP contribution in [0, 0.1) is 5.92 Å². The average molecular weight is 297 g/mol. The van der Waals surface area contributed by atoms with Crippen LogP contribution >= 0.6 is 11.6 Å². The molecule has 3 N–H and O–H groups in total. The van der Waals surface area contributed by atoms with Crippen LogP contribution in [0.1, 0.15) is 25.7 Å². The van der Waals surface area contributed by atoms with Crippen molar-refractivity contribution in [3.8, 4) is 5.75 Å². The zero-order chi connectivity index (χ0) is 14.4. The van der Waals surface area contributed by atoms with Gasteiger partial charge in [-0.1, -0.05) is 24.1 Å². The van der Waals surface area contributed by atoms with Gasteiger partial charge in [-0.05, 0) is 37.5 Å². The highest BCUT2D eigenvalue weighted by atomic mass is 35.5. The summed E-state index contributed by atoms with van der Waals surface area (Å²) in [4.78, 5) is 12.0. The first-order chi connectivity index (χ1) is 9.65. The van der Waals surface area contributed by atoms with Crippen molar-refractivity contribution in [3.63, 3.8) is 0 Å². The number of nitrogens with two attached hydrogens (primary N) is 1. The number of benzene rings is 1. The lowest BCUT2D eigenvalue weighted by atomic mass is 9.85. The summed E-state index contributed by atoms with van der Waals surface area (Å²) >= 11 is 5.86. The van der Waals surface area contributed by atoms with Crippen molar-refractivity contribution in [2.24, 2.45) is 11.7 Å². The molecule has 20 heavy (non-hydrogen) atoms. The molecule has 1 aromatic rings. The molecule has 1 fully saturated rings. The largest absolute Gasteiger partial charge is 0.492 e. The van der Waals surface area contributed by atoms with E-state index in [1.54, 1.807) is 12.1 Å². The second kappa shape index (κ2) is 7.50. The Morgan fingerprint density at radius 1 is 1.45 bits per heavy atom. The zero-order valence-electron chi connectivity index (χ0n) is 11.5. The minimum Gasteiger partial charge on any atom is -0.492 e. The Hall–Kier alpha value is -1.26. The molecule has 5 heteroatoms. The van der Waals surface area contributed by atoms with E-state index >= 15 is 0 Å². The van der Waals surface area contributed by atoms with Crippen molar-refractivity contribution in [1.82, 2.24) is 5.32 Å². The van der Waals surface area contributed by atoms with Crippen molar-refractivity contribution in [2.75, 3.05) is 13.2 Å². The van der Waals surface area contributed by atoms with Gasteiger partial charge in [-0.3, -0.25) is 4.79 Å². The zero-order valence-corrected chi connectivity index (χ0v) is 12.2.